The predicted octanol–water partition coefficient (Wildman–Crippen LogP) is 0.507. The van der Waals surface area contributed by atoms with E-state index >= 15 is 0 Å². The maximum atomic E-state index is 11.9. The molecular formula is C12H22N4O2S. The highest BCUT2D eigenvalue weighted by Gasteiger charge is 2.17. The normalized spacial score (nSPS) is 11.8. The molecule has 0 aliphatic heterocycles. The van der Waals surface area contributed by atoms with Crippen molar-refractivity contribution < 1.29 is 8.42 Å². The van der Waals surface area contributed by atoms with Gasteiger partial charge in [-0.1, -0.05) is 0 Å². The van der Waals surface area contributed by atoms with Crippen LogP contribution < -0.4 is 10.6 Å². The summed E-state index contributed by atoms with van der Waals surface area (Å²) < 4.78 is 25.0. The third-order valence-electron chi connectivity index (χ3n) is 2.84. The molecule has 0 saturated carbocycles. The molecule has 6 nitrogen and oxygen atoms in total. The van der Waals surface area contributed by atoms with Crippen molar-refractivity contribution in [3.63, 3.8) is 0 Å². The van der Waals surface area contributed by atoms with Gasteiger partial charge in [-0.3, -0.25) is 0 Å². The molecule has 1 aromatic heterocycles. The van der Waals surface area contributed by atoms with Gasteiger partial charge in [-0.15, -0.1) is 0 Å². The molecule has 7 heteroatoms. The van der Waals surface area contributed by atoms with E-state index in [-0.39, 0.29) is 4.90 Å². The van der Waals surface area contributed by atoms with Crippen LogP contribution in [-0.4, -0.2) is 51.4 Å². The molecule has 0 bridgehead atoms. The Bertz CT molecular complexity index is 485. The van der Waals surface area contributed by atoms with E-state index in [9.17, 15) is 8.42 Å². The van der Waals surface area contributed by atoms with Gasteiger partial charge in [-0.05, 0) is 32.0 Å². The summed E-state index contributed by atoms with van der Waals surface area (Å²) in [5, 5.41) is 0. The van der Waals surface area contributed by atoms with Crippen LogP contribution in [0, 0.1) is 0 Å². The summed E-state index contributed by atoms with van der Waals surface area (Å²) in [6.45, 7) is 4.29. The Morgan fingerprint density at radius 3 is 2.42 bits per heavy atom. The Labute approximate surface area is 115 Å². The molecule has 0 aliphatic rings. The molecule has 0 radical (unpaired) electrons. The first-order chi connectivity index (χ1) is 8.93. The second-order valence-electron chi connectivity index (χ2n) is 4.36. The molecule has 0 amide bonds. The molecule has 1 heterocycles. The van der Waals surface area contributed by atoms with Crippen LogP contribution in [-0.2, 0) is 10.0 Å². The number of nitrogens with zero attached hydrogens (tertiary/aromatic N) is 3. The van der Waals surface area contributed by atoms with Gasteiger partial charge in [0.15, 0.2) is 0 Å². The number of rotatable bonds is 7. The first kappa shape index (κ1) is 15.9. The Balaban J connectivity index is 2.92. The molecule has 19 heavy (non-hydrogen) atoms. The molecule has 0 atom stereocenters. The van der Waals surface area contributed by atoms with Crippen LogP contribution in [0.2, 0.25) is 0 Å². The molecule has 0 fully saturated rings. The lowest BCUT2D eigenvalue weighted by Crippen LogP contribution is -2.27. The number of nitrogens with two attached hydrogens (primary N) is 1. The average Bonchev–Trinajstić information content (AvgIpc) is 2.40. The molecule has 2 N–H and O–H groups in total. The fraction of sp³-hybridized carbons (Fsp3) is 0.583. The van der Waals surface area contributed by atoms with Gasteiger partial charge in [0.2, 0.25) is 10.0 Å². The van der Waals surface area contributed by atoms with Gasteiger partial charge in [0, 0.05) is 33.4 Å². The zero-order chi connectivity index (χ0) is 14.5. The van der Waals surface area contributed by atoms with Crippen LogP contribution in [0.25, 0.3) is 0 Å². The Morgan fingerprint density at radius 2 is 2.00 bits per heavy atom. The number of aromatic nitrogens is 1. The molecule has 1 rings (SSSR count). The second kappa shape index (κ2) is 6.83. The molecule has 0 aliphatic carbocycles. The van der Waals surface area contributed by atoms with Crippen molar-refractivity contribution in [2.24, 2.45) is 5.73 Å². The van der Waals surface area contributed by atoms with Crippen LogP contribution in [0.3, 0.4) is 0 Å². The van der Waals surface area contributed by atoms with Gasteiger partial charge >= 0.3 is 0 Å². The molecule has 108 valence electrons. The van der Waals surface area contributed by atoms with Crippen molar-refractivity contribution >= 4 is 15.8 Å². The monoisotopic (exact) mass is 286 g/mol. The largest absolute Gasteiger partial charge is 0.357 e. The number of hydrogen-bond acceptors (Lipinski definition) is 5. The van der Waals surface area contributed by atoms with Gasteiger partial charge in [0.05, 0.1) is 0 Å². The van der Waals surface area contributed by atoms with E-state index < -0.39 is 10.0 Å². The maximum absolute atomic E-state index is 11.9. The SMILES string of the molecule is CCN(CCCN)c1ccc(S(=O)(=O)N(C)C)cn1. The quantitative estimate of drug-likeness (QED) is 0.790. The zero-order valence-corrected chi connectivity index (χ0v) is 12.5. The third-order valence-corrected chi connectivity index (χ3v) is 4.64. The highest BCUT2D eigenvalue weighted by atomic mass is 32.2. The summed E-state index contributed by atoms with van der Waals surface area (Å²) in [7, 11) is -0.405. The molecule has 0 unspecified atom stereocenters. The summed E-state index contributed by atoms with van der Waals surface area (Å²) >= 11 is 0. The van der Waals surface area contributed by atoms with E-state index in [1.165, 1.54) is 24.6 Å². The highest BCUT2D eigenvalue weighted by Crippen LogP contribution is 2.16. The standard InChI is InChI=1S/C12H22N4O2S/c1-4-16(9-5-8-13)12-7-6-11(10-14-12)19(17,18)15(2)3/h6-7,10H,4-5,8-9,13H2,1-3H3. The Morgan fingerprint density at radius 1 is 1.32 bits per heavy atom. The Hall–Kier alpha value is -1.18. The lowest BCUT2D eigenvalue weighted by atomic mass is 10.3. The van der Waals surface area contributed by atoms with E-state index in [1.807, 2.05) is 6.92 Å². The molecule has 0 saturated heterocycles. The maximum Gasteiger partial charge on any atom is 0.244 e. The lowest BCUT2D eigenvalue weighted by Gasteiger charge is -2.21. The number of sulfonamides is 1. The lowest BCUT2D eigenvalue weighted by molar-refractivity contribution is 0.520. The highest BCUT2D eigenvalue weighted by molar-refractivity contribution is 7.89. The molecule has 0 spiro atoms. The van der Waals surface area contributed by atoms with Crippen LogP contribution in [0.15, 0.2) is 23.2 Å². The van der Waals surface area contributed by atoms with E-state index in [1.54, 1.807) is 12.1 Å². The van der Waals surface area contributed by atoms with Crippen LogP contribution in [0.4, 0.5) is 5.82 Å². The van der Waals surface area contributed by atoms with Gasteiger partial charge < -0.3 is 10.6 Å². The van der Waals surface area contributed by atoms with Gasteiger partial charge in [0.25, 0.3) is 0 Å². The van der Waals surface area contributed by atoms with E-state index in [4.69, 9.17) is 5.73 Å². The molecule has 1 aromatic rings. The topological polar surface area (TPSA) is 79.5 Å². The minimum Gasteiger partial charge on any atom is -0.357 e. The van der Waals surface area contributed by atoms with E-state index in [0.717, 1.165) is 25.3 Å². The summed E-state index contributed by atoms with van der Waals surface area (Å²) in [5.41, 5.74) is 5.49. The smallest absolute Gasteiger partial charge is 0.244 e. The van der Waals surface area contributed by atoms with Gasteiger partial charge in [0.1, 0.15) is 10.7 Å². The first-order valence-electron chi connectivity index (χ1n) is 6.27. The fourth-order valence-electron chi connectivity index (χ4n) is 1.64. The van der Waals surface area contributed by atoms with Gasteiger partial charge in [-0.25, -0.2) is 17.7 Å². The fourth-order valence-corrected chi connectivity index (χ4v) is 2.49. The molecular weight excluding hydrogens is 264 g/mol. The third kappa shape index (κ3) is 3.89. The van der Waals surface area contributed by atoms with Crippen molar-refractivity contribution in [3.05, 3.63) is 18.3 Å². The van der Waals surface area contributed by atoms with Crippen molar-refractivity contribution in [2.75, 3.05) is 38.6 Å². The van der Waals surface area contributed by atoms with Crippen LogP contribution in [0.1, 0.15) is 13.3 Å². The second-order valence-corrected chi connectivity index (χ2v) is 6.51. The van der Waals surface area contributed by atoms with Crippen molar-refractivity contribution in [2.45, 2.75) is 18.2 Å². The summed E-state index contributed by atoms with van der Waals surface area (Å²) in [4.78, 5) is 6.50. The first-order valence-corrected chi connectivity index (χ1v) is 7.71. The van der Waals surface area contributed by atoms with Crippen LogP contribution in [0.5, 0.6) is 0 Å². The number of anilines is 1. The predicted molar refractivity (Wildman–Crippen MR) is 76.7 cm³/mol. The van der Waals surface area contributed by atoms with Crippen molar-refractivity contribution in [1.82, 2.24) is 9.29 Å². The van der Waals surface area contributed by atoms with Gasteiger partial charge in [-0.2, -0.15) is 0 Å². The van der Waals surface area contributed by atoms with Crippen molar-refractivity contribution in [1.29, 1.82) is 0 Å². The Kier molecular flexibility index (Phi) is 5.71. The molecule has 0 aromatic carbocycles. The van der Waals surface area contributed by atoms with E-state index in [2.05, 4.69) is 9.88 Å². The van der Waals surface area contributed by atoms with Crippen molar-refractivity contribution in [3.8, 4) is 0 Å². The average molecular weight is 286 g/mol. The summed E-state index contributed by atoms with van der Waals surface area (Å²) in [6, 6.07) is 3.32. The van der Waals surface area contributed by atoms with Crippen LogP contribution >= 0.6 is 0 Å². The number of hydrogen-bond donors (Lipinski definition) is 1. The zero-order valence-electron chi connectivity index (χ0n) is 11.7. The number of pyridine rings is 1. The minimum absolute atomic E-state index is 0.205. The minimum atomic E-state index is -3.41. The summed E-state index contributed by atoms with van der Waals surface area (Å²) in [5.74, 6) is 0.772. The van der Waals surface area contributed by atoms with E-state index in [0.29, 0.717) is 6.54 Å². The summed E-state index contributed by atoms with van der Waals surface area (Å²) in [6.07, 6.45) is 2.28.